The van der Waals surface area contributed by atoms with Gasteiger partial charge in [0.05, 0.1) is 32.8 Å². The maximum Gasteiger partial charge on any atom is 0.243 e. The van der Waals surface area contributed by atoms with Crippen LogP contribution in [0.3, 0.4) is 0 Å². The molecule has 0 fully saturated rings. The van der Waals surface area contributed by atoms with E-state index in [1.165, 1.54) is 57.5 Å². The summed E-state index contributed by atoms with van der Waals surface area (Å²) in [6, 6.07) is 9.25. The quantitative estimate of drug-likeness (QED) is 0.576. The lowest BCUT2D eigenvalue weighted by Gasteiger charge is -2.23. The number of rotatable bonds is 9. The van der Waals surface area contributed by atoms with Gasteiger partial charge in [-0.3, -0.25) is 4.79 Å². The summed E-state index contributed by atoms with van der Waals surface area (Å²) in [5.74, 6) is 1.01. The first-order valence-corrected chi connectivity index (χ1v) is 10.7. The van der Waals surface area contributed by atoms with E-state index < -0.39 is 10.0 Å². The lowest BCUT2D eigenvalue weighted by Crippen LogP contribution is -2.39. The smallest absolute Gasteiger partial charge is 0.243 e. The molecular formula is C20H25ClN2O6S. The van der Waals surface area contributed by atoms with Crippen molar-refractivity contribution in [3.05, 3.63) is 47.0 Å². The van der Waals surface area contributed by atoms with Crippen molar-refractivity contribution >= 4 is 27.5 Å². The topological polar surface area (TPSA) is 85.4 Å². The highest BCUT2D eigenvalue weighted by Gasteiger charge is 2.24. The van der Waals surface area contributed by atoms with Gasteiger partial charge in [-0.25, -0.2) is 8.42 Å². The molecule has 0 aromatic heterocycles. The molecule has 2 aromatic rings. The Morgan fingerprint density at radius 2 is 1.50 bits per heavy atom. The molecule has 0 aliphatic heterocycles. The number of likely N-dealkylation sites (N-methyl/N-ethyl adjacent to an activating group) is 2. The van der Waals surface area contributed by atoms with Gasteiger partial charge >= 0.3 is 0 Å². The van der Waals surface area contributed by atoms with E-state index in [4.69, 9.17) is 25.8 Å². The van der Waals surface area contributed by atoms with Gasteiger partial charge in [-0.1, -0.05) is 11.6 Å². The van der Waals surface area contributed by atoms with E-state index in [0.29, 0.717) is 22.3 Å². The first-order valence-electron chi connectivity index (χ1n) is 8.88. The molecule has 8 nitrogen and oxygen atoms in total. The molecule has 0 unspecified atom stereocenters. The van der Waals surface area contributed by atoms with Crippen LogP contribution in [0.4, 0.5) is 0 Å². The molecular weight excluding hydrogens is 432 g/mol. The second-order valence-electron chi connectivity index (χ2n) is 6.50. The third-order valence-corrected chi connectivity index (χ3v) is 6.52. The highest BCUT2D eigenvalue weighted by molar-refractivity contribution is 7.89. The van der Waals surface area contributed by atoms with E-state index in [9.17, 15) is 13.2 Å². The minimum atomic E-state index is -3.82. The molecule has 0 aliphatic rings. The normalized spacial score (nSPS) is 11.3. The summed E-state index contributed by atoms with van der Waals surface area (Å²) in [5, 5.41) is 0.428. The monoisotopic (exact) mass is 456 g/mol. The van der Waals surface area contributed by atoms with Crippen LogP contribution < -0.4 is 14.2 Å². The Morgan fingerprint density at radius 1 is 0.967 bits per heavy atom. The molecule has 0 spiro atoms. The van der Waals surface area contributed by atoms with Crippen LogP contribution in [0.25, 0.3) is 0 Å². The number of ether oxygens (including phenoxy) is 3. The third-order valence-electron chi connectivity index (χ3n) is 4.45. The van der Waals surface area contributed by atoms with E-state index in [2.05, 4.69) is 0 Å². The molecule has 2 rings (SSSR count). The van der Waals surface area contributed by atoms with Gasteiger partial charge in [-0.15, -0.1) is 0 Å². The van der Waals surface area contributed by atoms with Gasteiger partial charge in [0.1, 0.15) is 0 Å². The standard InChI is InChI=1S/C20H25ClN2O6S/c1-22(12-14-10-17(27-3)20(29-5)18(11-14)28-4)19(24)13-23(2)30(25,26)16-8-6-15(21)7-9-16/h6-11H,12-13H2,1-5H3. The van der Waals surface area contributed by atoms with Crippen LogP contribution in [-0.2, 0) is 21.4 Å². The predicted octanol–water partition coefficient (Wildman–Crippen LogP) is 2.64. The van der Waals surface area contributed by atoms with Crippen molar-refractivity contribution in [3.8, 4) is 17.2 Å². The fourth-order valence-electron chi connectivity index (χ4n) is 2.77. The Morgan fingerprint density at radius 3 is 1.97 bits per heavy atom. The molecule has 10 heteroatoms. The number of carbonyl (C=O) groups excluding carboxylic acids is 1. The summed E-state index contributed by atoms with van der Waals surface area (Å²) >= 11 is 5.81. The first-order chi connectivity index (χ1) is 14.1. The van der Waals surface area contributed by atoms with Crippen molar-refractivity contribution in [1.82, 2.24) is 9.21 Å². The molecule has 0 atom stereocenters. The van der Waals surface area contributed by atoms with Crippen molar-refractivity contribution in [2.24, 2.45) is 0 Å². The zero-order chi connectivity index (χ0) is 22.5. The van der Waals surface area contributed by atoms with Crippen molar-refractivity contribution in [2.45, 2.75) is 11.4 Å². The van der Waals surface area contributed by atoms with E-state index >= 15 is 0 Å². The van der Waals surface area contributed by atoms with Crippen LogP contribution in [0.15, 0.2) is 41.3 Å². The van der Waals surface area contributed by atoms with Gasteiger partial charge in [0.25, 0.3) is 0 Å². The molecule has 0 heterocycles. The lowest BCUT2D eigenvalue weighted by molar-refractivity contribution is -0.130. The molecule has 30 heavy (non-hydrogen) atoms. The van der Waals surface area contributed by atoms with Gasteiger partial charge < -0.3 is 19.1 Å². The fraction of sp³-hybridized carbons (Fsp3) is 0.350. The minimum Gasteiger partial charge on any atom is -0.493 e. The highest BCUT2D eigenvalue weighted by Crippen LogP contribution is 2.38. The summed E-state index contributed by atoms with van der Waals surface area (Å²) in [7, 11) is 3.65. The maximum absolute atomic E-state index is 12.7. The van der Waals surface area contributed by atoms with Gasteiger partial charge in [0.2, 0.25) is 21.7 Å². The average molecular weight is 457 g/mol. The molecule has 2 aromatic carbocycles. The van der Waals surface area contributed by atoms with Crippen LogP contribution in [0, 0.1) is 0 Å². The van der Waals surface area contributed by atoms with Crippen molar-refractivity contribution in [3.63, 3.8) is 0 Å². The molecule has 0 bridgehead atoms. The number of hydrogen-bond donors (Lipinski definition) is 0. The Balaban J connectivity index is 2.13. The summed E-state index contributed by atoms with van der Waals surface area (Å²) in [4.78, 5) is 14.1. The number of carbonyl (C=O) groups is 1. The zero-order valence-corrected chi connectivity index (χ0v) is 19.1. The zero-order valence-electron chi connectivity index (χ0n) is 17.5. The number of methoxy groups -OCH3 is 3. The summed E-state index contributed by atoms with van der Waals surface area (Å²) in [5.41, 5.74) is 0.739. The van der Waals surface area contributed by atoms with Crippen LogP contribution in [0.2, 0.25) is 5.02 Å². The van der Waals surface area contributed by atoms with Gasteiger partial charge in [-0.05, 0) is 42.0 Å². The molecule has 0 saturated heterocycles. The molecule has 1 amide bonds. The van der Waals surface area contributed by atoms with Crippen LogP contribution in [-0.4, -0.2) is 65.5 Å². The molecule has 0 saturated carbocycles. The van der Waals surface area contributed by atoms with Crippen molar-refractivity contribution < 1.29 is 27.4 Å². The van der Waals surface area contributed by atoms with Crippen LogP contribution in [0.5, 0.6) is 17.2 Å². The molecule has 164 valence electrons. The molecule has 0 aliphatic carbocycles. The van der Waals surface area contributed by atoms with Crippen LogP contribution >= 0.6 is 11.6 Å². The summed E-state index contributed by atoms with van der Waals surface area (Å²) < 4.78 is 42.3. The van der Waals surface area contributed by atoms with Crippen LogP contribution in [0.1, 0.15) is 5.56 Å². The van der Waals surface area contributed by atoms with E-state index in [-0.39, 0.29) is 23.9 Å². The van der Waals surface area contributed by atoms with Crippen molar-refractivity contribution in [1.29, 1.82) is 0 Å². The summed E-state index contributed by atoms with van der Waals surface area (Å²) in [6.07, 6.45) is 0. The fourth-order valence-corrected chi connectivity index (χ4v) is 4.02. The van der Waals surface area contributed by atoms with Crippen molar-refractivity contribution in [2.75, 3.05) is 42.0 Å². The van der Waals surface area contributed by atoms with Gasteiger partial charge in [0, 0.05) is 25.7 Å². The number of amides is 1. The number of hydrogen-bond acceptors (Lipinski definition) is 6. The molecule has 0 N–H and O–H groups in total. The summed E-state index contributed by atoms with van der Waals surface area (Å²) in [6.45, 7) is -0.0870. The predicted molar refractivity (Wildman–Crippen MR) is 114 cm³/mol. The SMILES string of the molecule is COc1cc(CN(C)C(=O)CN(C)S(=O)(=O)c2ccc(Cl)cc2)cc(OC)c1OC. The number of sulfonamides is 1. The van der Waals surface area contributed by atoms with Gasteiger partial charge in [-0.2, -0.15) is 4.31 Å². The number of benzene rings is 2. The maximum atomic E-state index is 12.7. The average Bonchev–Trinajstić information content (AvgIpc) is 2.72. The first kappa shape index (κ1) is 23.8. The Hall–Kier alpha value is -2.49. The molecule has 0 radical (unpaired) electrons. The third kappa shape index (κ3) is 5.35. The Kier molecular flexibility index (Phi) is 7.94. The van der Waals surface area contributed by atoms with Gasteiger partial charge in [0.15, 0.2) is 11.5 Å². The second-order valence-corrected chi connectivity index (χ2v) is 8.98. The Bertz CT molecular complexity index is 970. The number of halogens is 1. The van der Waals surface area contributed by atoms with E-state index in [0.717, 1.165) is 9.87 Å². The number of nitrogens with zero attached hydrogens (tertiary/aromatic N) is 2. The highest BCUT2D eigenvalue weighted by atomic mass is 35.5. The Labute approximate surface area is 181 Å². The van der Waals surface area contributed by atoms with E-state index in [1.54, 1.807) is 19.2 Å². The largest absolute Gasteiger partial charge is 0.493 e. The minimum absolute atomic E-state index is 0.0643. The second kappa shape index (κ2) is 10.0. The lowest BCUT2D eigenvalue weighted by atomic mass is 10.1. The van der Waals surface area contributed by atoms with E-state index in [1.807, 2.05) is 0 Å².